The number of likely N-dealkylation sites (tertiary alicyclic amines) is 1. The van der Waals surface area contributed by atoms with E-state index in [4.69, 9.17) is 0 Å². The molecule has 0 aromatic rings. The molecule has 1 unspecified atom stereocenters. The monoisotopic (exact) mass is 591 g/mol. The second kappa shape index (κ2) is 20.9. The molecule has 3 atom stereocenters. The van der Waals surface area contributed by atoms with Gasteiger partial charge >= 0.3 is 0 Å². The first kappa shape index (κ1) is 38.1. The molecule has 2 N–H and O–H groups in total. The molecule has 0 aromatic heterocycles. The molecule has 0 saturated carbocycles. The summed E-state index contributed by atoms with van der Waals surface area (Å²) < 4.78 is 0. The minimum Gasteiger partial charge on any atom is -0.352 e. The van der Waals surface area contributed by atoms with E-state index < -0.39 is 6.04 Å². The summed E-state index contributed by atoms with van der Waals surface area (Å²) in [6.07, 6.45) is 17.5. The quantitative estimate of drug-likeness (QED) is 0.120. The first-order valence-electron chi connectivity index (χ1n) is 17.2. The number of nitrogens with one attached hydrogen (secondary N) is 2. The number of piperidine rings is 1. The molecule has 7 heteroatoms. The average molecular weight is 591 g/mol. The summed E-state index contributed by atoms with van der Waals surface area (Å²) in [4.78, 5) is 44.0. The lowest BCUT2D eigenvalue weighted by molar-refractivity contribution is -0.140. The Morgan fingerprint density at radius 2 is 1.43 bits per heavy atom. The maximum Gasteiger partial charge on any atom is 0.246 e. The van der Waals surface area contributed by atoms with Crippen molar-refractivity contribution in [3.63, 3.8) is 0 Å². The van der Waals surface area contributed by atoms with Crippen LogP contribution >= 0.6 is 0 Å². The van der Waals surface area contributed by atoms with Gasteiger partial charge in [0, 0.05) is 25.2 Å². The number of amides is 3. The van der Waals surface area contributed by atoms with Crippen molar-refractivity contribution in [1.82, 2.24) is 20.4 Å². The molecule has 1 rings (SSSR count). The Labute approximate surface area is 259 Å². The first-order valence-corrected chi connectivity index (χ1v) is 17.2. The maximum atomic E-state index is 13.8. The molecule has 0 radical (unpaired) electrons. The lowest BCUT2D eigenvalue weighted by Gasteiger charge is -2.39. The van der Waals surface area contributed by atoms with Gasteiger partial charge in [-0.2, -0.15) is 0 Å². The Morgan fingerprint density at radius 3 is 1.95 bits per heavy atom. The van der Waals surface area contributed by atoms with Crippen LogP contribution in [-0.2, 0) is 14.4 Å². The predicted octanol–water partition coefficient (Wildman–Crippen LogP) is 6.86. The third-order valence-electron chi connectivity index (χ3n) is 8.81. The van der Waals surface area contributed by atoms with E-state index in [1.807, 2.05) is 26.8 Å². The van der Waals surface area contributed by atoms with Gasteiger partial charge < -0.3 is 15.5 Å². The third-order valence-corrected chi connectivity index (χ3v) is 8.81. The number of nitrogens with zero attached hydrogens (tertiary/aromatic N) is 2. The van der Waals surface area contributed by atoms with E-state index in [9.17, 15) is 14.4 Å². The maximum absolute atomic E-state index is 13.8. The summed E-state index contributed by atoms with van der Waals surface area (Å²) in [6, 6.07) is -0.772. The van der Waals surface area contributed by atoms with Gasteiger partial charge in [-0.3, -0.25) is 19.3 Å². The van der Waals surface area contributed by atoms with E-state index in [0.29, 0.717) is 12.1 Å². The highest BCUT2D eigenvalue weighted by Crippen LogP contribution is 2.21. The number of carbonyl (C=O) groups is 3. The second-order valence-corrected chi connectivity index (χ2v) is 13.5. The summed E-state index contributed by atoms with van der Waals surface area (Å²) in [5, 5.41) is 6.18. The Hall–Kier alpha value is -1.89. The Kier molecular flexibility index (Phi) is 19.0. The average Bonchev–Trinajstić information content (AvgIpc) is 2.95. The van der Waals surface area contributed by atoms with Crippen LogP contribution in [0.1, 0.15) is 139 Å². The minimum atomic E-state index is -0.612. The van der Waals surface area contributed by atoms with Crippen LogP contribution in [0.2, 0.25) is 0 Å². The Bertz CT molecular complexity index is 823. The molecular weight excluding hydrogens is 524 g/mol. The zero-order valence-electron chi connectivity index (χ0n) is 28.8. The van der Waals surface area contributed by atoms with Crippen molar-refractivity contribution >= 4 is 17.7 Å². The van der Waals surface area contributed by atoms with Crippen LogP contribution in [-0.4, -0.2) is 71.8 Å². The fraction of sp³-hybridized carbons (Fsp3) is 0.857. The summed E-state index contributed by atoms with van der Waals surface area (Å²) in [7, 11) is 1.79. The summed E-state index contributed by atoms with van der Waals surface area (Å²) in [5.74, 6) is -0.178. The first-order chi connectivity index (χ1) is 19.9. The highest BCUT2D eigenvalue weighted by Gasteiger charge is 2.36. The number of carbonyl (C=O) groups excluding carboxylic acids is 3. The molecule has 42 heavy (non-hydrogen) atoms. The van der Waals surface area contributed by atoms with Gasteiger partial charge in [-0.05, 0) is 58.4 Å². The van der Waals surface area contributed by atoms with Crippen molar-refractivity contribution in [1.29, 1.82) is 0 Å². The fourth-order valence-electron chi connectivity index (χ4n) is 6.02. The molecule has 1 aliphatic rings. The highest BCUT2D eigenvalue weighted by molar-refractivity contribution is 5.93. The summed E-state index contributed by atoms with van der Waals surface area (Å²) in [5.41, 5.74) is 0.625. The lowest BCUT2D eigenvalue weighted by atomic mass is 9.95. The molecule has 0 aromatic carbocycles. The van der Waals surface area contributed by atoms with E-state index in [1.54, 1.807) is 11.9 Å². The molecule has 244 valence electrons. The zero-order valence-corrected chi connectivity index (χ0v) is 28.8. The van der Waals surface area contributed by atoms with E-state index >= 15 is 0 Å². The Balaban J connectivity index is 2.67. The standard InChI is InChI=1S/C35H66N4O3/c1-10-11-12-13-14-15-16-17-18-20-23-36-33(40)29(8)25-31(26(2)3)38(9)35(42)32(27(4)5)37-34(41)30-22-19-21-24-39(30)28(6)7/h25-28,30-32H,10-24H2,1-9H3,(H,36,40)(H,37,41)/b29-25+/t30?,31-,32+/m1/s1. The largest absolute Gasteiger partial charge is 0.352 e. The Morgan fingerprint density at radius 1 is 0.857 bits per heavy atom. The van der Waals surface area contributed by atoms with Crippen LogP contribution in [0.25, 0.3) is 0 Å². The molecule has 1 aliphatic heterocycles. The molecule has 1 saturated heterocycles. The number of hydrogen-bond acceptors (Lipinski definition) is 4. The summed E-state index contributed by atoms with van der Waals surface area (Å²) >= 11 is 0. The van der Waals surface area contributed by atoms with Gasteiger partial charge in [0.15, 0.2) is 0 Å². The molecule has 0 spiro atoms. The van der Waals surface area contributed by atoms with Gasteiger partial charge in [0.1, 0.15) is 6.04 Å². The van der Waals surface area contributed by atoms with Gasteiger partial charge in [-0.15, -0.1) is 0 Å². The van der Waals surface area contributed by atoms with Crippen molar-refractivity contribution in [2.45, 2.75) is 163 Å². The van der Waals surface area contributed by atoms with Crippen molar-refractivity contribution in [2.75, 3.05) is 20.1 Å². The van der Waals surface area contributed by atoms with Gasteiger partial charge in [0.05, 0.1) is 12.1 Å². The van der Waals surface area contributed by atoms with Crippen molar-refractivity contribution < 1.29 is 14.4 Å². The predicted molar refractivity (Wildman–Crippen MR) is 176 cm³/mol. The van der Waals surface area contributed by atoms with Crippen molar-refractivity contribution in [3.8, 4) is 0 Å². The van der Waals surface area contributed by atoms with Crippen molar-refractivity contribution in [2.24, 2.45) is 11.8 Å². The number of likely N-dealkylation sites (N-methyl/N-ethyl adjacent to an activating group) is 1. The second-order valence-electron chi connectivity index (χ2n) is 13.5. The topological polar surface area (TPSA) is 81.8 Å². The number of hydrogen-bond donors (Lipinski definition) is 2. The molecule has 3 amide bonds. The smallest absolute Gasteiger partial charge is 0.246 e. The van der Waals surface area contributed by atoms with Crippen molar-refractivity contribution in [3.05, 3.63) is 11.6 Å². The van der Waals surface area contributed by atoms with Crippen LogP contribution in [0.5, 0.6) is 0 Å². The van der Waals surface area contributed by atoms with Gasteiger partial charge in [-0.1, -0.05) is 105 Å². The molecule has 1 heterocycles. The molecule has 7 nitrogen and oxygen atoms in total. The van der Waals surface area contributed by atoms with Crippen LogP contribution in [0.3, 0.4) is 0 Å². The van der Waals surface area contributed by atoms with Gasteiger partial charge in [0.25, 0.3) is 0 Å². The van der Waals surface area contributed by atoms with E-state index in [0.717, 1.165) is 38.6 Å². The normalized spacial score (nSPS) is 17.9. The SMILES string of the molecule is CCCCCCCCCCCCNC(=O)/C(C)=C/[C@H](C(C)C)N(C)C(=O)[C@@H](NC(=O)C1CCCCN1C(C)C)C(C)C. The lowest BCUT2D eigenvalue weighted by Crippen LogP contribution is -2.58. The van der Waals surface area contributed by atoms with Crippen LogP contribution in [0.15, 0.2) is 11.6 Å². The van der Waals surface area contributed by atoms with E-state index in [1.165, 1.54) is 51.4 Å². The van der Waals surface area contributed by atoms with Gasteiger partial charge in [0.2, 0.25) is 17.7 Å². The molecule has 1 fully saturated rings. The third kappa shape index (κ3) is 13.6. The van der Waals surface area contributed by atoms with E-state index in [2.05, 4.69) is 50.2 Å². The summed E-state index contributed by atoms with van der Waals surface area (Å²) in [6.45, 7) is 18.0. The van der Waals surface area contributed by atoms with Gasteiger partial charge in [-0.25, -0.2) is 0 Å². The molecule has 0 aliphatic carbocycles. The number of unbranched alkanes of at least 4 members (excludes halogenated alkanes) is 9. The molecular formula is C35H66N4O3. The fourth-order valence-corrected chi connectivity index (χ4v) is 6.02. The molecule has 0 bridgehead atoms. The zero-order chi connectivity index (χ0) is 31.7. The van der Waals surface area contributed by atoms with Crippen LogP contribution < -0.4 is 10.6 Å². The number of rotatable bonds is 20. The minimum absolute atomic E-state index is 0.0528. The van der Waals surface area contributed by atoms with E-state index in [-0.39, 0.29) is 47.7 Å². The highest BCUT2D eigenvalue weighted by atomic mass is 16.2. The van der Waals surface area contributed by atoms with Crippen LogP contribution in [0, 0.1) is 11.8 Å². The van der Waals surface area contributed by atoms with Crippen LogP contribution in [0.4, 0.5) is 0 Å².